The summed E-state index contributed by atoms with van der Waals surface area (Å²) < 4.78 is 28.4. The second kappa shape index (κ2) is 9.35. The lowest BCUT2D eigenvalue weighted by Gasteiger charge is -2.19. The van der Waals surface area contributed by atoms with Crippen molar-refractivity contribution in [3.63, 3.8) is 0 Å². The van der Waals surface area contributed by atoms with Gasteiger partial charge >= 0.3 is 0 Å². The summed E-state index contributed by atoms with van der Waals surface area (Å²) in [6, 6.07) is 15.2. The summed E-state index contributed by atoms with van der Waals surface area (Å²) in [6.45, 7) is 9.87. The highest BCUT2D eigenvalue weighted by atomic mass is 35.5. The fraction of sp³-hybridized carbons (Fsp3) is 0.240. The molecule has 0 aliphatic carbocycles. The molecule has 0 aliphatic heterocycles. The number of carbonyl (C=O) groups excluding carboxylic acids is 1. The van der Waals surface area contributed by atoms with Crippen LogP contribution in [0.2, 0.25) is 5.02 Å². The predicted octanol–water partition coefficient (Wildman–Crippen LogP) is 5.87. The molecule has 168 valence electrons. The molecule has 0 radical (unpaired) electrons. The number of nitrogens with one attached hydrogen (secondary N) is 2. The van der Waals surface area contributed by atoms with Gasteiger partial charge in [0.15, 0.2) is 0 Å². The molecule has 3 aromatic rings. The topological polar surface area (TPSA) is 75.3 Å². The molecule has 0 bridgehead atoms. The number of hydrogen-bond acceptors (Lipinski definition) is 3. The summed E-state index contributed by atoms with van der Waals surface area (Å²) >= 11 is 6.19. The van der Waals surface area contributed by atoms with E-state index in [-0.39, 0.29) is 27.4 Å². The molecular formula is C25H27ClN2O3S. The van der Waals surface area contributed by atoms with Crippen LogP contribution < -0.4 is 10.0 Å². The monoisotopic (exact) mass is 470 g/mol. The minimum atomic E-state index is -3.98. The summed E-state index contributed by atoms with van der Waals surface area (Å²) in [7, 11) is -3.98. The van der Waals surface area contributed by atoms with E-state index in [1.165, 1.54) is 23.8 Å². The molecule has 3 rings (SSSR count). The van der Waals surface area contributed by atoms with Crippen LogP contribution in [0.3, 0.4) is 0 Å². The molecule has 3 aromatic carbocycles. The molecule has 0 spiro atoms. The van der Waals surface area contributed by atoms with Gasteiger partial charge in [-0.3, -0.25) is 9.52 Å². The summed E-state index contributed by atoms with van der Waals surface area (Å²) in [5, 5.41) is 3.00. The van der Waals surface area contributed by atoms with Crippen molar-refractivity contribution in [2.75, 3.05) is 4.72 Å². The van der Waals surface area contributed by atoms with Gasteiger partial charge in [0.2, 0.25) is 0 Å². The molecule has 0 aliphatic rings. The maximum atomic E-state index is 12.9. The van der Waals surface area contributed by atoms with Crippen molar-refractivity contribution in [3.8, 4) is 0 Å². The zero-order valence-electron chi connectivity index (χ0n) is 18.8. The van der Waals surface area contributed by atoms with E-state index in [0.29, 0.717) is 5.69 Å². The average molecular weight is 471 g/mol. The smallest absolute Gasteiger partial charge is 0.263 e. The molecule has 0 heterocycles. The van der Waals surface area contributed by atoms with Crippen molar-refractivity contribution in [2.24, 2.45) is 0 Å². The van der Waals surface area contributed by atoms with E-state index in [4.69, 9.17) is 11.6 Å². The van der Waals surface area contributed by atoms with Gasteiger partial charge in [-0.2, -0.15) is 0 Å². The first-order valence-corrected chi connectivity index (χ1v) is 12.1. The van der Waals surface area contributed by atoms with Gasteiger partial charge in [0, 0.05) is 11.3 Å². The lowest BCUT2D eigenvalue weighted by Crippen LogP contribution is -2.27. The number of carbonyl (C=O) groups is 1. The largest absolute Gasteiger partial charge is 0.346 e. The number of hydrogen-bond donors (Lipinski definition) is 2. The number of halogens is 1. The summed E-state index contributed by atoms with van der Waals surface area (Å²) in [5.74, 6) is -0.376. The first-order chi connectivity index (χ1) is 15.0. The lowest BCUT2D eigenvalue weighted by atomic mass is 9.96. The molecule has 5 nitrogen and oxygen atoms in total. The van der Waals surface area contributed by atoms with Crippen molar-refractivity contribution >= 4 is 33.2 Å². The van der Waals surface area contributed by atoms with Crippen LogP contribution in [-0.4, -0.2) is 14.3 Å². The third-order valence-corrected chi connectivity index (χ3v) is 7.31. The normalized spacial score (nSPS) is 12.3. The molecule has 1 amide bonds. The molecule has 1 atom stereocenters. The minimum absolute atomic E-state index is 0.0414. The van der Waals surface area contributed by atoms with Gasteiger partial charge in [-0.1, -0.05) is 35.9 Å². The summed E-state index contributed by atoms with van der Waals surface area (Å²) in [4.78, 5) is 12.8. The molecular weight excluding hydrogens is 444 g/mol. The van der Waals surface area contributed by atoms with Crippen molar-refractivity contribution in [2.45, 2.75) is 45.6 Å². The molecule has 0 saturated carbocycles. The Bertz CT molecular complexity index is 1290. The Hall–Kier alpha value is -2.83. The van der Waals surface area contributed by atoms with Crippen LogP contribution in [0.1, 0.15) is 51.1 Å². The Kier molecular flexibility index (Phi) is 6.96. The Morgan fingerprint density at radius 2 is 1.59 bits per heavy atom. The van der Waals surface area contributed by atoms with Gasteiger partial charge in [0.05, 0.1) is 11.1 Å². The fourth-order valence-corrected chi connectivity index (χ4v) is 5.15. The maximum Gasteiger partial charge on any atom is 0.263 e. The fourth-order valence-electron chi connectivity index (χ4n) is 3.58. The van der Waals surface area contributed by atoms with Crippen molar-refractivity contribution in [1.29, 1.82) is 0 Å². The van der Waals surface area contributed by atoms with E-state index in [0.717, 1.165) is 22.3 Å². The van der Waals surface area contributed by atoms with E-state index in [9.17, 15) is 13.2 Å². The molecule has 0 saturated heterocycles. The van der Waals surface area contributed by atoms with Gasteiger partial charge < -0.3 is 5.32 Å². The van der Waals surface area contributed by atoms with E-state index in [1.807, 2.05) is 33.8 Å². The van der Waals surface area contributed by atoms with Gasteiger partial charge in [0.25, 0.3) is 15.9 Å². The molecule has 1 unspecified atom stereocenters. The van der Waals surface area contributed by atoms with Crippen molar-refractivity contribution in [3.05, 3.63) is 93.0 Å². The lowest BCUT2D eigenvalue weighted by molar-refractivity contribution is 0.0939. The van der Waals surface area contributed by atoms with Gasteiger partial charge in [-0.05, 0) is 92.8 Å². The number of anilines is 1. The van der Waals surface area contributed by atoms with Crippen LogP contribution in [0.4, 0.5) is 5.69 Å². The highest BCUT2D eigenvalue weighted by Gasteiger charge is 2.22. The van der Waals surface area contributed by atoms with E-state index < -0.39 is 10.0 Å². The van der Waals surface area contributed by atoms with Crippen molar-refractivity contribution < 1.29 is 13.2 Å². The quantitative estimate of drug-likeness (QED) is 0.473. The first-order valence-electron chi connectivity index (χ1n) is 10.3. The first kappa shape index (κ1) is 23.8. The van der Waals surface area contributed by atoms with Crippen LogP contribution in [0.15, 0.2) is 59.5 Å². The molecule has 32 heavy (non-hydrogen) atoms. The Balaban J connectivity index is 1.86. The van der Waals surface area contributed by atoms with Gasteiger partial charge in [-0.15, -0.1) is 0 Å². The summed E-state index contributed by atoms with van der Waals surface area (Å²) in [5.41, 5.74) is 6.00. The minimum Gasteiger partial charge on any atom is -0.346 e. The highest BCUT2D eigenvalue weighted by molar-refractivity contribution is 7.92. The number of amides is 1. The standard InChI is InChI=1S/C25H27ClN2O3S/c1-15-7-6-8-21(11-15)28-32(30,31)24-14-20(9-10-23(24)26)25(29)27-19(5)22-13-17(3)16(2)12-18(22)4/h6-14,19,28H,1-5H3,(H,27,29). The number of rotatable bonds is 6. The molecule has 0 aromatic heterocycles. The third-order valence-electron chi connectivity index (χ3n) is 5.45. The van der Waals surface area contributed by atoms with Crippen LogP contribution >= 0.6 is 11.6 Å². The zero-order valence-corrected chi connectivity index (χ0v) is 20.4. The van der Waals surface area contributed by atoms with Crippen LogP contribution in [0.25, 0.3) is 0 Å². The van der Waals surface area contributed by atoms with E-state index in [2.05, 4.69) is 29.1 Å². The molecule has 0 fully saturated rings. The summed E-state index contributed by atoms with van der Waals surface area (Å²) in [6.07, 6.45) is 0. The average Bonchev–Trinajstić information content (AvgIpc) is 2.70. The van der Waals surface area contributed by atoms with Gasteiger partial charge in [-0.25, -0.2) is 8.42 Å². The number of aryl methyl sites for hydroxylation is 4. The number of sulfonamides is 1. The van der Waals surface area contributed by atoms with Crippen LogP contribution in [0, 0.1) is 27.7 Å². The van der Waals surface area contributed by atoms with Gasteiger partial charge in [0.1, 0.15) is 4.90 Å². The number of benzene rings is 3. The van der Waals surface area contributed by atoms with Crippen LogP contribution in [0.5, 0.6) is 0 Å². The van der Waals surface area contributed by atoms with Crippen LogP contribution in [-0.2, 0) is 10.0 Å². The second-order valence-corrected chi connectivity index (χ2v) is 10.2. The van der Waals surface area contributed by atoms with E-state index >= 15 is 0 Å². The van der Waals surface area contributed by atoms with E-state index in [1.54, 1.807) is 18.2 Å². The Morgan fingerprint density at radius 3 is 2.28 bits per heavy atom. The molecule has 7 heteroatoms. The highest BCUT2D eigenvalue weighted by Crippen LogP contribution is 2.26. The zero-order chi connectivity index (χ0) is 23.6. The third kappa shape index (κ3) is 5.31. The Morgan fingerprint density at radius 1 is 0.906 bits per heavy atom. The SMILES string of the molecule is Cc1cccc(NS(=O)(=O)c2cc(C(=O)NC(C)c3cc(C)c(C)cc3C)ccc2Cl)c1. The molecule has 2 N–H and O–H groups in total. The van der Waals surface area contributed by atoms with Crippen molar-refractivity contribution in [1.82, 2.24) is 5.32 Å². The second-order valence-electron chi connectivity index (χ2n) is 8.11. The maximum absolute atomic E-state index is 12.9. The predicted molar refractivity (Wildman–Crippen MR) is 130 cm³/mol. The Labute approximate surface area is 194 Å².